The number of hydrogen-bond acceptors (Lipinski definition) is 10. The summed E-state index contributed by atoms with van der Waals surface area (Å²) in [4.78, 5) is 99.1. The van der Waals surface area contributed by atoms with E-state index >= 15 is 0 Å². The molecule has 0 saturated carbocycles. The maximum Gasteiger partial charge on any atom is 0.305 e. The third-order valence-electron chi connectivity index (χ3n) is 8.82. The topological polar surface area (TPSA) is 355 Å². The zero-order valence-electron chi connectivity index (χ0n) is 33.2. The Labute approximate surface area is 333 Å². The van der Waals surface area contributed by atoms with Gasteiger partial charge in [-0.2, -0.15) is 0 Å². The smallest absolute Gasteiger partial charge is 0.305 e. The fraction of sp³-hybridized carbons (Fsp3) is 0.595. The van der Waals surface area contributed by atoms with Gasteiger partial charge in [0.05, 0.1) is 18.5 Å². The van der Waals surface area contributed by atoms with Gasteiger partial charge in [-0.1, -0.05) is 64.4 Å². The summed E-state index contributed by atoms with van der Waals surface area (Å²) < 4.78 is 0. The zero-order chi connectivity index (χ0) is 43.1. The van der Waals surface area contributed by atoms with E-state index in [1.54, 1.807) is 32.9 Å². The van der Waals surface area contributed by atoms with Crippen molar-refractivity contribution in [3.8, 4) is 0 Å². The average Bonchev–Trinajstić information content (AvgIpc) is 3.14. The van der Waals surface area contributed by atoms with Gasteiger partial charge in [0, 0.05) is 13.1 Å². The first-order chi connectivity index (χ1) is 26.9. The van der Waals surface area contributed by atoms with Crippen molar-refractivity contribution >= 4 is 53.7 Å². The lowest BCUT2D eigenvalue weighted by Crippen LogP contribution is -2.60. The molecule has 5 amide bonds. The molecule has 7 atom stereocenters. The normalized spacial score (nSPS) is 14.6. The third kappa shape index (κ3) is 20.1. The molecule has 0 fully saturated rings. The summed E-state index contributed by atoms with van der Waals surface area (Å²) in [6, 6.07) is 1.75. The Morgan fingerprint density at radius 2 is 1.25 bits per heavy atom. The summed E-state index contributed by atoms with van der Waals surface area (Å²) in [6.07, 6.45) is 1.20. The fourth-order valence-corrected chi connectivity index (χ4v) is 5.56. The molecule has 57 heavy (non-hydrogen) atoms. The van der Waals surface area contributed by atoms with Gasteiger partial charge in [0.1, 0.15) is 30.5 Å². The quantitative estimate of drug-likeness (QED) is 0.0196. The Hall–Kier alpha value is -5.79. The Bertz CT molecular complexity index is 1530. The molecule has 0 bridgehead atoms. The van der Waals surface area contributed by atoms with Crippen LogP contribution in [-0.4, -0.2) is 108 Å². The van der Waals surface area contributed by atoms with Gasteiger partial charge < -0.3 is 65.2 Å². The number of carbonyl (C=O) groups excluding carboxylic acids is 6. The van der Waals surface area contributed by atoms with E-state index in [0.717, 1.165) is 5.56 Å². The highest BCUT2D eigenvalue weighted by molar-refractivity contribution is 5.97. The molecule has 0 spiro atoms. The van der Waals surface area contributed by atoms with E-state index < -0.39 is 84.1 Å². The van der Waals surface area contributed by atoms with E-state index in [1.807, 2.05) is 25.1 Å². The minimum Gasteiger partial charge on any atom is -0.481 e. The fourth-order valence-electron chi connectivity index (χ4n) is 5.56. The first-order valence-electron chi connectivity index (χ1n) is 19.0. The number of aliphatic imine (C=N–C) groups is 2. The average molecular weight is 803 g/mol. The van der Waals surface area contributed by atoms with Crippen molar-refractivity contribution < 1.29 is 38.7 Å². The first kappa shape index (κ1) is 49.2. The van der Waals surface area contributed by atoms with Gasteiger partial charge in [-0.3, -0.25) is 38.8 Å². The van der Waals surface area contributed by atoms with Crippen molar-refractivity contribution in [2.45, 2.75) is 115 Å². The van der Waals surface area contributed by atoms with Crippen molar-refractivity contribution in [2.75, 3.05) is 13.1 Å². The zero-order valence-corrected chi connectivity index (χ0v) is 33.2. The Kier molecular flexibility index (Phi) is 22.6. The number of guanidine groups is 2. The third-order valence-corrected chi connectivity index (χ3v) is 8.82. The molecule has 1 rings (SSSR count). The maximum atomic E-state index is 13.9. The monoisotopic (exact) mass is 802 g/mol. The van der Waals surface area contributed by atoms with E-state index in [0.29, 0.717) is 19.1 Å². The minimum absolute atomic E-state index is 0.0605. The van der Waals surface area contributed by atoms with Crippen LogP contribution < -0.4 is 55.3 Å². The Balaban J connectivity index is 3.28. The molecule has 0 aliphatic rings. The van der Waals surface area contributed by atoms with Crippen LogP contribution in [0.1, 0.15) is 78.2 Å². The molecule has 0 radical (unpaired) electrons. The molecule has 0 aliphatic carbocycles. The van der Waals surface area contributed by atoms with E-state index in [2.05, 4.69) is 36.6 Å². The number of carbonyl (C=O) groups is 7. The molecule has 20 heteroatoms. The van der Waals surface area contributed by atoms with E-state index in [1.165, 1.54) is 0 Å². The number of aldehydes is 1. The predicted molar refractivity (Wildman–Crippen MR) is 215 cm³/mol. The minimum atomic E-state index is -1.69. The first-order valence-corrected chi connectivity index (χ1v) is 19.0. The van der Waals surface area contributed by atoms with Crippen molar-refractivity contribution in [3.63, 3.8) is 0 Å². The van der Waals surface area contributed by atoms with E-state index in [4.69, 9.17) is 28.7 Å². The number of nitrogens with two attached hydrogens (primary N) is 5. The second kappa shape index (κ2) is 26.1. The number of carboxylic acid groups (broad SMARTS) is 1. The van der Waals surface area contributed by atoms with Crippen LogP contribution in [0.5, 0.6) is 0 Å². The van der Waals surface area contributed by atoms with Crippen molar-refractivity contribution in [1.82, 2.24) is 26.6 Å². The molecular formula is C37H62N12O8. The Morgan fingerprint density at radius 3 is 1.77 bits per heavy atom. The number of nitrogens with zero attached hydrogens (tertiary/aromatic N) is 2. The molecule has 1 aromatic carbocycles. The van der Waals surface area contributed by atoms with Crippen LogP contribution in [0.15, 0.2) is 40.3 Å². The van der Waals surface area contributed by atoms with Crippen LogP contribution in [0.25, 0.3) is 0 Å². The molecule has 20 nitrogen and oxygen atoms in total. The maximum absolute atomic E-state index is 13.9. The van der Waals surface area contributed by atoms with Gasteiger partial charge >= 0.3 is 5.97 Å². The molecular weight excluding hydrogens is 740 g/mol. The number of hydrogen-bond donors (Lipinski definition) is 11. The molecule has 318 valence electrons. The standard InChI is InChI=1S/C37H62N12O8/c1-5-22(4)30(35(57)45-24(20-50)18-23-11-7-6-8-12-23)49-32(54)26(14-10-16-44-37(41)42)46-34(56)28(19-29(51)52)48-33(55)27(17-21(2)3)47-31(53)25(38)13-9-15-43-36(39)40/h6-8,11-12,20-22,24-28,30H,5,9-10,13-19,38H2,1-4H3,(H,45,57)(H,46,56)(H,47,53)(H,48,55)(H,49,54)(H,51,52)(H4,39,40,43)(H4,41,42,44)/t22-,24-,25-,26-,27-,28-,30-/m0/s1. The molecule has 0 unspecified atom stereocenters. The summed E-state index contributed by atoms with van der Waals surface area (Å²) in [5.41, 5.74) is 28.3. The van der Waals surface area contributed by atoms with Gasteiger partial charge in [0.2, 0.25) is 29.5 Å². The second-order valence-corrected chi connectivity index (χ2v) is 14.2. The Morgan fingerprint density at radius 1 is 0.719 bits per heavy atom. The molecule has 0 aromatic heterocycles. The highest BCUT2D eigenvalue weighted by Crippen LogP contribution is 2.12. The SMILES string of the molecule is CC[C@H](C)[C@H](NC(=O)[C@H](CCCN=C(N)N)NC(=O)[C@H](CC(=O)O)NC(=O)[C@H](CC(C)C)NC(=O)[C@@H](N)CCCN=C(N)N)C(=O)N[C@H](C=O)Cc1ccccc1. The number of carboxylic acids is 1. The van der Waals surface area contributed by atoms with Gasteiger partial charge in [0.15, 0.2) is 11.9 Å². The van der Waals surface area contributed by atoms with Crippen LogP contribution in [-0.2, 0) is 40.0 Å². The number of nitrogens with one attached hydrogen (secondary N) is 5. The van der Waals surface area contributed by atoms with E-state index in [9.17, 15) is 38.7 Å². The second-order valence-electron chi connectivity index (χ2n) is 14.2. The van der Waals surface area contributed by atoms with Crippen LogP contribution >= 0.6 is 0 Å². The molecule has 0 aliphatic heterocycles. The molecule has 1 aromatic rings. The lowest BCUT2D eigenvalue weighted by atomic mass is 9.96. The molecule has 0 heterocycles. The van der Waals surface area contributed by atoms with Crippen LogP contribution in [0, 0.1) is 11.8 Å². The highest BCUT2D eigenvalue weighted by atomic mass is 16.4. The highest BCUT2D eigenvalue weighted by Gasteiger charge is 2.34. The van der Waals surface area contributed by atoms with Crippen LogP contribution in [0.2, 0.25) is 0 Å². The van der Waals surface area contributed by atoms with Gasteiger partial charge in [-0.15, -0.1) is 0 Å². The largest absolute Gasteiger partial charge is 0.481 e. The van der Waals surface area contributed by atoms with E-state index in [-0.39, 0.29) is 63.0 Å². The van der Waals surface area contributed by atoms with Crippen molar-refractivity contribution in [2.24, 2.45) is 50.5 Å². The lowest BCUT2D eigenvalue weighted by molar-refractivity contribution is -0.141. The molecule has 0 saturated heterocycles. The number of rotatable bonds is 27. The predicted octanol–water partition coefficient (Wildman–Crippen LogP) is -2.15. The van der Waals surface area contributed by atoms with Crippen molar-refractivity contribution in [1.29, 1.82) is 0 Å². The van der Waals surface area contributed by atoms with Crippen LogP contribution in [0.4, 0.5) is 0 Å². The molecule has 16 N–H and O–H groups in total. The van der Waals surface area contributed by atoms with Crippen LogP contribution in [0.3, 0.4) is 0 Å². The van der Waals surface area contributed by atoms with Gasteiger partial charge in [0.25, 0.3) is 0 Å². The van der Waals surface area contributed by atoms with Gasteiger partial charge in [-0.25, -0.2) is 0 Å². The number of benzene rings is 1. The summed E-state index contributed by atoms with van der Waals surface area (Å²) in [5, 5.41) is 22.5. The summed E-state index contributed by atoms with van der Waals surface area (Å²) >= 11 is 0. The summed E-state index contributed by atoms with van der Waals surface area (Å²) in [7, 11) is 0. The summed E-state index contributed by atoms with van der Waals surface area (Å²) in [6.45, 7) is 7.44. The van der Waals surface area contributed by atoms with Crippen molar-refractivity contribution in [3.05, 3.63) is 35.9 Å². The number of aliphatic carboxylic acids is 1. The van der Waals surface area contributed by atoms with Gasteiger partial charge in [-0.05, 0) is 55.9 Å². The summed E-state index contributed by atoms with van der Waals surface area (Å²) in [5.74, 6) is -6.25. The lowest BCUT2D eigenvalue weighted by Gasteiger charge is -2.29. The number of amides is 5.